The molecule has 20 nitrogen and oxygen atoms in total. The number of hydrogen-bond donors (Lipinski definition) is 6. The first kappa shape index (κ1) is 62.1. The number of sulfonamides is 1. The summed E-state index contributed by atoms with van der Waals surface area (Å²) in [6.07, 6.45) is -0.0830. The standard InChI is InChI=1S/C58H68F3N11O9S2Si/c1-34-50(82-32-64-34)39-13-9-36(10-14-39)29-63-55(76)45-28-43(73)31-71(45)56(77)51(58(3,4)5)66-54(75)40-15-11-37(12-16-40)30-70-24-23-47(67-70)65-53-48(52(62)74)49(68-72(53)33-80-25-26-84(6,7)8)41-19-22-44(69-83(78,79)57(60)61)46(27-41)81-35(2)38-17-20-42(59)21-18-38/h9-24,27,32,35,43,45,51,57,69,73H,25-26,28-31,33H2,1-8H3,(H2,62,74)(H,63,76)(H,65,67)(H,66,75)/t35-,43+,45-,51+/m0/s1. The molecule has 1 saturated heterocycles. The minimum Gasteiger partial charge on any atom is -0.484 e. The van der Waals surface area contributed by atoms with Crippen molar-refractivity contribution >= 4 is 70.4 Å². The summed E-state index contributed by atoms with van der Waals surface area (Å²) in [4.78, 5) is 62.1. The molecule has 8 rings (SSSR count). The molecule has 7 aromatic rings. The molecule has 26 heteroatoms. The Morgan fingerprint density at radius 1 is 0.929 bits per heavy atom. The first-order valence-corrected chi connectivity index (χ1v) is 33.1. The van der Waals surface area contributed by atoms with Crippen molar-refractivity contribution in [2.45, 2.75) is 117 Å². The van der Waals surface area contributed by atoms with E-state index in [1.54, 1.807) is 85.8 Å². The van der Waals surface area contributed by atoms with Gasteiger partial charge in [0, 0.05) is 57.6 Å². The molecule has 0 radical (unpaired) electrons. The Labute approximate surface area is 490 Å². The fourth-order valence-electron chi connectivity index (χ4n) is 9.27. The topological polar surface area (TPSA) is 267 Å². The van der Waals surface area contributed by atoms with Crippen molar-refractivity contribution in [3.8, 4) is 27.4 Å². The Kier molecular flexibility index (Phi) is 19.2. The van der Waals surface area contributed by atoms with E-state index in [-0.39, 0.29) is 78.2 Å². The van der Waals surface area contributed by atoms with Crippen LogP contribution in [0.15, 0.2) is 109 Å². The maximum absolute atomic E-state index is 14.4. The number of nitrogens with zero attached hydrogens (tertiary/aromatic N) is 6. The number of nitrogens with one attached hydrogen (secondary N) is 4. The molecule has 446 valence electrons. The zero-order valence-electron chi connectivity index (χ0n) is 47.7. The molecule has 0 aliphatic carbocycles. The molecule has 1 fully saturated rings. The summed E-state index contributed by atoms with van der Waals surface area (Å²) in [5, 5.41) is 29.1. The van der Waals surface area contributed by atoms with Gasteiger partial charge in [-0.25, -0.2) is 22.5 Å². The van der Waals surface area contributed by atoms with E-state index >= 15 is 0 Å². The predicted octanol–water partition coefficient (Wildman–Crippen LogP) is 9.05. The van der Waals surface area contributed by atoms with E-state index in [0.717, 1.165) is 33.3 Å². The number of amides is 4. The molecule has 4 heterocycles. The first-order chi connectivity index (χ1) is 39.6. The van der Waals surface area contributed by atoms with E-state index in [9.17, 15) is 45.9 Å². The van der Waals surface area contributed by atoms with E-state index in [4.69, 9.17) is 20.3 Å². The lowest BCUT2D eigenvalue weighted by atomic mass is 9.85. The Morgan fingerprint density at radius 2 is 1.61 bits per heavy atom. The van der Waals surface area contributed by atoms with Crippen LogP contribution in [0.2, 0.25) is 25.7 Å². The molecule has 4 amide bonds. The molecular formula is C58H68F3N11O9S2Si. The van der Waals surface area contributed by atoms with Gasteiger partial charge in [-0.1, -0.05) is 95.0 Å². The molecule has 0 unspecified atom stereocenters. The number of rotatable bonds is 24. The van der Waals surface area contributed by atoms with Gasteiger partial charge in [0.25, 0.3) is 21.8 Å². The fourth-order valence-corrected chi connectivity index (χ4v) is 11.4. The van der Waals surface area contributed by atoms with E-state index in [1.165, 1.54) is 52.0 Å². The summed E-state index contributed by atoms with van der Waals surface area (Å²) in [5.41, 5.74) is 11.1. The van der Waals surface area contributed by atoms with Crippen LogP contribution in [-0.2, 0) is 44.2 Å². The van der Waals surface area contributed by atoms with Crippen LogP contribution in [0.5, 0.6) is 5.75 Å². The monoisotopic (exact) mass is 1210 g/mol. The number of benzene rings is 4. The van der Waals surface area contributed by atoms with Crippen molar-refractivity contribution in [1.82, 2.24) is 40.1 Å². The molecule has 3 aromatic heterocycles. The second-order valence-electron chi connectivity index (χ2n) is 22.8. The number of likely N-dealkylation sites (tertiary alicyclic amines) is 1. The Hall–Kier alpha value is -7.91. The fraction of sp³-hybridized carbons (Fsp3) is 0.362. The Morgan fingerprint density at radius 3 is 2.24 bits per heavy atom. The zero-order valence-corrected chi connectivity index (χ0v) is 50.3. The summed E-state index contributed by atoms with van der Waals surface area (Å²) in [5.74, 6) is -6.54. The Bertz CT molecular complexity index is 3610. The van der Waals surface area contributed by atoms with Crippen LogP contribution in [0.25, 0.3) is 21.7 Å². The maximum Gasteiger partial charge on any atom is 0.355 e. The molecular weight excluding hydrogens is 1140 g/mol. The molecule has 84 heavy (non-hydrogen) atoms. The molecule has 4 aromatic carbocycles. The lowest BCUT2D eigenvalue weighted by Gasteiger charge is -2.35. The van der Waals surface area contributed by atoms with E-state index in [1.807, 2.05) is 35.9 Å². The van der Waals surface area contributed by atoms with Gasteiger partial charge in [0.05, 0.1) is 34.4 Å². The van der Waals surface area contributed by atoms with Gasteiger partial charge in [-0.2, -0.15) is 19.0 Å². The van der Waals surface area contributed by atoms with Crippen molar-refractivity contribution < 1.29 is 55.3 Å². The third kappa shape index (κ3) is 15.4. The molecule has 1 aliphatic heterocycles. The van der Waals surface area contributed by atoms with Gasteiger partial charge in [0.15, 0.2) is 5.82 Å². The molecule has 0 bridgehead atoms. The number of halogens is 3. The number of thiazole rings is 1. The van der Waals surface area contributed by atoms with Crippen LogP contribution in [-0.4, -0.2) is 112 Å². The SMILES string of the molecule is Cc1ncsc1-c1ccc(CNC(=O)[C@@H]2C[C@@H](O)CN2C(=O)[C@@H](NC(=O)c2ccc(Cn3ccc(Nc4c(C(N)=O)c(-c5ccc(NS(=O)(=O)C(F)F)c(O[C@@H](C)c6ccc(F)cc6)c5)nn4COCC[Si](C)(C)C)n3)cc2)C(C)(C)C)cc1. The van der Waals surface area contributed by atoms with Crippen LogP contribution < -0.4 is 31.1 Å². The highest BCUT2D eigenvalue weighted by Gasteiger charge is 2.44. The minimum absolute atomic E-state index is 0.00152. The van der Waals surface area contributed by atoms with Gasteiger partial charge in [-0.3, -0.25) is 28.6 Å². The lowest BCUT2D eigenvalue weighted by molar-refractivity contribution is -0.142. The van der Waals surface area contributed by atoms with Crippen LogP contribution in [0.3, 0.4) is 0 Å². The summed E-state index contributed by atoms with van der Waals surface area (Å²) in [6.45, 7) is 16.1. The van der Waals surface area contributed by atoms with Gasteiger partial charge in [0.2, 0.25) is 11.8 Å². The number of β-amino-alcohol motifs (C(OH)–C–C–N with tert-alkyl or cyclic N) is 1. The van der Waals surface area contributed by atoms with Crippen LogP contribution in [0.1, 0.15) is 83.3 Å². The number of carbonyl (C=O) groups is 4. The highest BCUT2D eigenvalue weighted by Crippen LogP contribution is 2.38. The third-order valence-electron chi connectivity index (χ3n) is 13.9. The summed E-state index contributed by atoms with van der Waals surface area (Å²) in [7, 11) is -6.72. The first-order valence-electron chi connectivity index (χ1n) is 26.9. The molecule has 4 atom stereocenters. The van der Waals surface area contributed by atoms with E-state index in [2.05, 4.69) is 45.7 Å². The number of primary amides is 1. The van der Waals surface area contributed by atoms with Gasteiger partial charge in [-0.05, 0) is 84.0 Å². The highest BCUT2D eigenvalue weighted by molar-refractivity contribution is 7.93. The molecule has 0 saturated carbocycles. The number of carbonyl (C=O) groups excluding carboxylic acids is 4. The highest BCUT2D eigenvalue weighted by atomic mass is 32.2. The normalized spacial score (nSPS) is 15.4. The predicted molar refractivity (Wildman–Crippen MR) is 316 cm³/mol. The van der Waals surface area contributed by atoms with E-state index in [0.29, 0.717) is 12.2 Å². The number of aryl methyl sites for hydroxylation is 1. The van der Waals surface area contributed by atoms with Gasteiger partial charge in [0.1, 0.15) is 53.6 Å². The van der Waals surface area contributed by atoms with Crippen molar-refractivity contribution in [1.29, 1.82) is 0 Å². The van der Waals surface area contributed by atoms with Crippen LogP contribution >= 0.6 is 11.3 Å². The zero-order chi connectivity index (χ0) is 60.8. The van der Waals surface area contributed by atoms with Crippen molar-refractivity contribution in [2.24, 2.45) is 11.1 Å². The summed E-state index contributed by atoms with van der Waals surface area (Å²) < 4.78 is 82.9. The second-order valence-corrected chi connectivity index (χ2v) is 30.9. The van der Waals surface area contributed by atoms with Gasteiger partial charge < -0.3 is 41.2 Å². The number of aromatic nitrogens is 5. The number of aliphatic hydroxyl groups is 1. The Balaban J connectivity index is 0.971. The number of anilines is 3. The van der Waals surface area contributed by atoms with Gasteiger partial charge in [-0.15, -0.1) is 11.3 Å². The van der Waals surface area contributed by atoms with Gasteiger partial charge >= 0.3 is 5.76 Å². The van der Waals surface area contributed by atoms with Crippen molar-refractivity contribution in [2.75, 3.05) is 23.2 Å². The third-order valence-corrected chi connectivity index (χ3v) is 17.6. The average Bonchev–Trinajstić information content (AvgIpc) is 2.33. The minimum atomic E-state index is -5.18. The smallest absolute Gasteiger partial charge is 0.355 e. The molecule has 7 N–H and O–H groups in total. The van der Waals surface area contributed by atoms with Crippen molar-refractivity contribution in [3.05, 3.63) is 148 Å². The number of aliphatic hydroxyl groups excluding tert-OH is 1. The molecule has 1 aliphatic rings. The maximum atomic E-state index is 14.4. The quantitative estimate of drug-likeness (QED) is 0.0244. The average molecular weight is 1210 g/mol. The number of ether oxygens (including phenoxy) is 2. The van der Waals surface area contributed by atoms with E-state index < -0.39 is 83.0 Å². The summed E-state index contributed by atoms with van der Waals surface area (Å²) in [6, 6.07) is 24.0. The summed E-state index contributed by atoms with van der Waals surface area (Å²) >= 11 is 1.55. The second kappa shape index (κ2) is 25.9. The van der Waals surface area contributed by atoms with Crippen LogP contribution in [0.4, 0.5) is 30.5 Å². The molecule has 0 spiro atoms. The number of alkyl halides is 2. The van der Waals surface area contributed by atoms with Crippen molar-refractivity contribution in [3.63, 3.8) is 0 Å². The number of hydrogen-bond acceptors (Lipinski definition) is 14. The lowest BCUT2D eigenvalue weighted by Crippen LogP contribution is -2.57. The number of nitrogens with two attached hydrogens (primary N) is 1. The largest absolute Gasteiger partial charge is 0.484 e. The van der Waals surface area contributed by atoms with Crippen LogP contribution in [0, 0.1) is 18.2 Å².